The standard InChI is InChI=1S/C27H29NO6/c1-18-23(34-17-21-16-31-10-11-32-21)14-26(29)28-9-8-20-12-24(30-2)25(13-22(20)27(18)28)33-15-19-6-4-3-5-7-19/h3-7,12-14,21H,8-11,15-17H2,1-2H3. The van der Waals surface area contributed by atoms with Crippen LogP contribution in [-0.4, -0.2) is 44.2 Å². The Morgan fingerprint density at radius 3 is 2.65 bits per heavy atom. The van der Waals surface area contributed by atoms with Crippen LogP contribution in [0.15, 0.2) is 53.3 Å². The Kier molecular flexibility index (Phi) is 6.56. The zero-order chi connectivity index (χ0) is 23.5. The van der Waals surface area contributed by atoms with Crippen molar-refractivity contribution in [2.75, 3.05) is 33.5 Å². The minimum Gasteiger partial charge on any atom is -0.493 e. The first-order valence-electron chi connectivity index (χ1n) is 11.6. The summed E-state index contributed by atoms with van der Waals surface area (Å²) in [5.41, 5.74) is 4.84. The lowest BCUT2D eigenvalue weighted by Crippen LogP contribution is -2.34. The van der Waals surface area contributed by atoms with Crippen molar-refractivity contribution in [2.45, 2.75) is 32.6 Å². The number of ether oxygens (including phenoxy) is 5. The molecule has 2 aromatic carbocycles. The summed E-state index contributed by atoms with van der Waals surface area (Å²) in [6.07, 6.45) is 0.603. The summed E-state index contributed by atoms with van der Waals surface area (Å²) in [6.45, 7) is 5.01. The molecule has 0 radical (unpaired) electrons. The predicted molar refractivity (Wildman–Crippen MR) is 128 cm³/mol. The van der Waals surface area contributed by atoms with Crippen molar-refractivity contribution in [3.63, 3.8) is 0 Å². The van der Waals surface area contributed by atoms with Gasteiger partial charge >= 0.3 is 0 Å². The van der Waals surface area contributed by atoms with Gasteiger partial charge in [-0.25, -0.2) is 0 Å². The SMILES string of the molecule is COc1cc2c(cc1OCc1ccccc1)-c1c(C)c(OCC3COCCO3)cc(=O)n1CC2. The zero-order valence-electron chi connectivity index (χ0n) is 19.5. The van der Waals surface area contributed by atoms with Gasteiger partial charge in [-0.2, -0.15) is 0 Å². The van der Waals surface area contributed by atoms with Crippen LogP contribution in [0.2, 0.25) is 0 Å². The number of hydrogen-bond acceptors (Lipinski definition) is 6. The third-order valence-electron chi connectivity index (χ3n) is 6.31. The van der Waals surface area contributed by atoms with Gasteiger partial charge in [-0.05, 0) is 36.6 Å². The van der Waals surface area contributed by atoms with Gasteiger partial charge in [0.25, 0.3) is 5.56 Å². The van der Waals surface area contributed by atoms with Crippen LogP contribution in [0.3, 0.4) is 0 Å². The molecule has 0 amide bonds. The molecule has 2 aliphatic rings. The summed E-state index contributed by atoms with van der Waals surface area (Å²) >= 11 is 0. The number of aromatic nitrogens is 1. The number of aryl methyl sites for hydroxylation is 1. The Bertz CT molecular complexity index is 1210. The van der Waals surface area contributed by atoms with E-state index in [1.54, 1.807) is 13.2 Å². The predicted octanol–water partition coefficient (Wildman–Crippen LogP) is 3.76. The summed E-state index contributed by atoms with van der Waals surface area (Å²) in [4.78, 5) is 13.0. The first-order valence-corrected chi connectivity index (χ1v) is 11.6. The van der Waals surface area contributed by atoms with E-state index < -0.39 is 0 Å². The molecule has 1 saturated heterocycles. The first kappa shape index (κ1) is 22.5. The van der Waals surface area contributed by atoms with Crippen molar-refractivity contribution in [2.24, 2.45) is 0 Å². The maximum absolute atomic E-state index is 13.0. The molecule has 5 rings (SSSR count). The molecule has 7 nitrogen and oxygen atoms in total. The van der Waals surface area contributed by atoms with E-state index in [4.69, 9.17) is 23.7 Å². The fourth-order valence-corrected chi connectivity index (χ4v) is 4.53. The number of methoxy groups -OCH3 is 1. The fraction of sp³-hybridized carbons (Fsp3) is 0.370. The lowest BCUT2D eigenvalue weighted by molar-refractivity contribution is -0.101. The van der Waals surface area contributed by atoms with Crippen LogP contribution in [-0.2, 0) is 29.0 Å². The van der Waals surface area contributed by atoms with Crippen LogP contribution in [0.4, 0.5) is 0 Å². The third-order valence-corrected chi connectivity index (χ3v) is 6.31. The third kappa shape index (κ3) is 4.54. The number of hydrogen-bond donors (Lipinski definition) is 0. The molecule has 0 N–H and O–H groups in total. The van der Waals surface area contributed by atoms with Crippen molar-refractivity contribution in [3.05, 3.63) is 75.6 Å². The molecule has 0 spiro atoms. The monoisotopic (exact) mass is 463 g/mol. The van der Waals surface area contributed by atoms with E-state index in [1.807, 2.05) is 54.0 Å². The largest absolute Gasteiger partial charge is 0.493 e. The molecular formula is C27H29NO6. The fourth-order valence-electron chi connectivity index (χ4n) is 4.53. The first-order chi connectivity index (χ1) is 16.6. The number of fused-ring (bicyclic) bond motifs is 3. The smallest absolute Gasteiger partial charge is 0.254 e. The minimum atomic E-state index is -0.138. The lowest BCUT2D eigenvalue weighted by atomic mass is 9.93. The quantitative estimate of drug-likeness (QED) is 0.532. The molecule has 1 aromatic heterocycles. The van der Waals surface area contributed by atoms with Crippen molar-refractivity contribution in [1.29, 1.82) is 0 Å². The van der Waals surface area contributed by atoms with E-state index in [2.05, 4.69) is 0 Å². The van der Waals surface area contributed by atoms with Gasteiger partial charge in [0.15, 0.2) is 11.5 Å². The number of rotatable bonds is 7. The molecule has 1 fully saturated rings. The van der Waals surface area contributed by atoms with Crippen LogP contribution in [0.5, 0.6) is 17.2 Å². The van der Waals surface area contributed by atoms with Crippen LogP contribution in [0, 0.1) is 6.92 Å². The molecule has 3 heterocycles. The molecule has 1 atom stereocenters. The van der Waals surface area contributed by atoms with E-state index >= 15 is 0 Å². The van der Waals surface area contributed by atoms with Crippen LogP contribution >= 0.6 is 0 Å². The Hall–Kier alpha value is -3.29. The Balaban J connectivity index is 1.48. The number of benzene rings is 2. The summed E-state index contributed by atoms with van der Waals surface area (Å²) in [5, 5.41) is 0. The highest BCUT2D eigenvalue weighted by Crippen LogP contribution is 2.41. The average molecular weight is 464 g/mol. The van der Waals surface area contributed by atoms with Gasteiger partial charge in [0.2, 0.25) is 0 Å². The van der Waals surface area contributed by atoms with E-state index in [9.17, 15) is 4.79 Å². The Morgan fingerprint density at radius 1 is 1.03 bits per heavy atom. The summed E-state index contributed by atoms with van der Waals surface area (Å²) < 4.78 is 30.8. The molecule has 0 saturated carbocycles. The molecule has 2 aliphatic heterocycles. The van der Waals surface area contributed by atoms with Gasteiger partial charge in [-0.3, -0.25) is 4.79 Å². The molecule has 1 unspecified atom stereocenters. The maximum atomic E-state index is 13.0. The molecule has 7 heteroatoms. The summed E-state index contributed by atoms with van der Waals surface area (Å²) in [5.74, 6) is 1.90. The van der Waals surface area contributed by atoms with Gasteiger partial charge in [0.1, 0.15) is 25.1 Å². The highest BCUT2D eigenvalue weighted by Gasteiger charge is 2.25. The van der Waals surface area contributed by atoms with Crippen molar-refractivity contribution >= 4 is 0 Å². The van der Waals surface area contributed by atoms with E-state index in [0.29, 0.717) is 56.8 Å². The maximum Gasteiger partial charge on any atom is 0.254 e. The van der Waals surface area contributed by atoms with Crippen molar-refractivity contribution < 1.29 is 23.7 Å². The second-order valence-corrected chi connectivity index (χ2v) is 8.54. The Labute approximate surface area is 198 Å². The van der Waals surface area contributed by atoms with E-state index in [0.717, 1.165) is 34.4 Å². The number of nitrogens with zero attached hydrogens (tertiary/aromatic N) is 1. The van der Waals surface area contributed by atoms with E-state index in [1.165, 1.54) is 0 Å². The zero-order valence-corrected chi connectivity index (χ0v) is 19.5. The van der Waals surface area contributed by atoms with Gasteiger partial charge in [0, 0.05) is 23.7 Å². The second-order valence-electron chi connectivity index (χ2n) is 8.54. The molecule has 0 bridgehead atoms. The lowest BCUT2D eigenvalue weighted by Gasteiger charge is -2.27. The van der Waals surface area contributed by atoms with Crippen LogP contribution in [0.25, 0.3) is 11.3 Å². The Morgan fingerprint density at radius 2 is 1.88 bits per heavy atom. The van der Waals surface area contributed by atoms with Crippen LogP contribution < -0.4 is 19.8 Å². The molecule has 178 valence electrons. The number of pyridine rings is 1. The highest BCUT2D eigenvalue weighted by atomic mass is 16.6. The van der Waals surface area contributed by atoms with E-state index in [-0.39, 0.29) is 11.7 Å². The minimum absolute atomic E-state index is 0.0790. The van der Waals surface area contributed by atoms with Gasteiger partial charge < -0.3 is 28.3 Å². The van der Waals surface area contributed by atoms with Crippen molar-refractivity contribution in [1.82, 2.24) is 4.57 Å². The highest BCUT2D eigenvalue weighted by molar-refractivity contribution is 5.74. The molecular weight excluding hydrogens is 434 g/mol. The second kappa shape index (κ2) is 9.91. The average Bonchev–Trinajstić information content (AvgIpc) is 2.88. The summed E-state index contributed by atoms with van der Waals surface area (Å²) in [6, 6.07) is 15.6. The normalized spacial score (nSPS) is 16.9. The van der Waals surface area contributed by atoms with Gasteiger partial charge in [0.05, 0.1) is 32.6 Å². The molecule has 34 heavy (non-hydrogen) atoms. The molecule has 3 aromatic rings. The van der Waals surface area contributed by atoms with Crippen molar-refractivity contribution in [3.8, 4) is 28.5 Å². The van der Waals surface area contributed by atoms with Crippen LogP contribution in [0.1, 0.15) is 16.7 Å². The topological polar surface area (TPSA) is 68.2 Å². The summed E-state index contributed by atoms with van der Waals surface area (Å²) in [7, 11) is 1.65. The molecule has 0 aliphatic carbocycles. The van der Waals surface area contributed by atoms with Gasteiger partial charge in [-0.15, -0.1) is 0 Å². The van der Waals surface area contributed by atoms with Gasteiger partial charge in [-0.1, -0.05) is 30.3 Å².